The highest BCUT2D eigenvalue weighted by Crippen LogP contribution is 2.66. The van der Waals surface area contributed by atoms with Crippen LogP contribution in [0.2, 0.25) is 0 Å². The number of ketones is 1. The maximum absolute atomic E-state index is 14.3. The molecule has 5 rings (SSSR count). The molecule has 1 heterocycles. The van der Waals surface area contributed by atoms with Gasteiger partial charge in [-0.15, -0.1) is 0 Å². The Morgan fingerprint density at radius 2 is 2.18 bits per heavy atom. The smallest absolute Gasteiger partial charge is 0.174 e. The molecule has 0 amide bonds. The van der Waals surface area contributed by atoms with Crippen molar-refractivity contribution in [2.75, 3.05) is 0 Å². The van der Waals surface area contributed by atoms with Crippen LogP contribution in [-0.2, 0) is 16.6 Å². The maximum atomic E-state index is 14.3. The molecule has 1 aliphatic heterocycles. The van der Waals surface area contributed by atoms with Gasteiger partial charge in [0.15, 0.2) is 23.5 Å². The van der Waals surface area contributed by atoms with E-state index in [4.69, 9.17) is 4.74 Å². The van der Waals surface area contributed by atoms with Gasteiger partial charge >= 0.3 is 0 Å². The van der Waals surface area contributed by atoms with Crippen LogP contribution in [0.1, 0.15) is 43.7 Å². The van der Waals surface area contributed by atoms with E-state index >= 15 is 0 Å². The molecule has 1 spiro atoms. The van der Waals surface area contributed by atoms with Crippen LogP contribution in [0.4, 0.5) is 4.39 Å². The summed E-state index contributed by atoms with van der Waals surface area (Å²) in [6.45, 7) is 2.19. The fourth-order valence-corrected chi connectivity index (χ4v) is 5.90. The summed E-state index contributed by atoms with van der Waals surface area (Å²) in [5.74, 6) is 0.372. The molecule has 2 bridgehead atoms. The standard InChI is InChI=1S/C18H19FO3/c1-9-4-6-17-14-10-2-3-12(19)15(14)22-16(17)13(20)5-7-18(17,21)11(9)8-10/h2-3,9,11,16,21H,4-8H2,1H3. The first-order valence-electron chi connectivity index (χ1n) is 8.22. The van der Waals surface area contributed by atoms with Crippen LogP contribution < -0.4 is 4.74 Å². The minimum absolute atomic E-state index is 0.0152. The highest BCUT2D eigenvalue weighted by molar-refractivity contribution is 5.89. The van der Waals surface area contributed by atoms with Crippen LogP contribution in [0.5, 0.6) is 5.75 Å². The van der Waals surface area contributed by atoms with Gasteiger partial charge in [0.2, 0.25) is 0 Å². The van der Waals surface area contributed by atoms with Gasteiger partial charge in [0.1, 0.15) is 0 Å². The van der Waals surface area contributed by atoms with Crippen molar-refractivity contribution in [2.45, 2.75) is 56.1 Å². The molecule has 116 valence electrons. The van der Waals surface area contributed by atoms with E-state index in [0.717, 1.165) is 24.0 Å². The summed E-state index contributed by atoms with van der Waals surface area (Å²) in [6, 6.07) is 3.27. The number of hydrogen-bond donors (Lipinski definition) is 1. The van der Waals surface area contributed by atoms with Gasteiger partial charge in [-0.2, -0.15) is 0 Å². The zero-order valence-electron chi connectivity index (χ0n) is 12.6. The first-order valence-corrected chi connectivity index (χ1v) is 8.22. The van der Waals surface area contributed by atoms with Crippen LogP contribution >= 0.6 is 0 Å². The average molecular weight is 302 g/mol. The summed E-state index contributed by atoms with van der Waals surface area (Å²) < 4.78 is 20.1. The predicted octanol–water partition coefficient (Wildman–Crippen LogP) is 2.52. The Balaban J connectivity index is 1.88. The number of rotatable bonds is 0. The Morgan fingerprint density at radius 1 is 1.36 bits per heavy atom. The van der Waals surface area contributed by atoms with Crippen molar-refractivity contribution in [3.63, 3.8) is 0 Å². The molecular formula is C18H19FO3. The molecule has 5 atom stereocenters. The lowest BCUT2D eigenvalue weighted by atomic mass is 9.44. The first-order chi connectivity index (χ1) is 10.5. The van der Waals surface area contributed by atoms with Gasteiger partial charge in [0, 0.05) is 12.0 Å². The Morgan fingerprint density at radius 3 is 3.00 bits per heavy atom. The third kappa shape index (κ3) is 1.15. The van der Waals surface area contributed by atoms with E-state index in [1.54, 1.807) is 0 Å². The lowest BCUT2D eigenvalue weighted by Crippen LogP contribution is -2.71. The van der Waals surface area contributed by atoms with Crippen molar-refractivity contribution in [2.24, 2.45) is 11.8 Å². The average Bonchev–Trinajstić information content (AvgIpc) is 2.85. The minimum Gasteiger partial charge on any atom is -0.478 e. The Hall–Kier alpha value is -1.42. The monoisotopic (exact) mass is 302 g/mol. The molecule has 4 aliphatic rings. The molecule has 5 unspecified atom stereocenters. The van der Waals surface area contributed by atoms with Crippen molar-refractivity contribution in [3.8, 4) is 5.75 Å². The largest absolute Gasteiger partial charge is 0.478 e. The molecule has 2 saturated carbocycles. The van der Waals surface area contributed by atoms with Crippen LogP contribution in [0.3, 0.4) is 0 Å². The van der Waals surface area contributed by atoms with Crippen LogP contribution in [0.25, 0.3) is 0 Å². The molecule has 0 radical (unpaired) electrons. The van der Waals surface area contributed by atoms with E-state index in [0.29, 0.717) is 25.2 Å². The van der Waals surface area contributed by atoms with E-state index in [2.05, 4.69) is 6.92 Å². The molecule has 22 heavy (non-hydrogen) atoms. The van der Waals surface area contributed by atoms with Gasteiger partial charge in [0.25, 0.3) is 0 Å². The molecule has 4 heteroatoms. The molecular weight excluding hydrogens is 283 g/mol. The second-order valence-corrected chi connectivity index (χ2v) is 7.60. The summed E-state index contributed by atoms with van der Waals surface area (Å²) in [5, 5.41) is 11.6. The van der Waals surface area contributed by atoms with E-state index in [1.807, 2.05) is 6.07 Å². The molecule has 3 aliphatic carbocycles. The van der Waals surface area contributed by atoms with Crippen molar-refractivity contribution in [1.82, 2.24) is 0 Å². The first kappa shape index (κ1) is 13.1. The molecule has 1 aromatic rings. The number of carbonyl (C=O) groups is 1. The lowest BCUT2D eigenvalue weighted by molar-refractivity contribution is -0.186. The fraction of sp³-hybridized carbons (Fsp3) is 0.611. The Kier molecular flexibility index (Phi) is 2.21. The van der Waals surface area contributed by atoms with E-state index < -0.39 is 22.9 Å². The third-order valence-corrected chi connectivity index (χ3v) is 6.88. The molecule has 0 aromatic heterocycles. The SMILES string of the molecule is CC1CCC23c4c5ccc(F)c4OC2C(=O)CCC3(O)C1C5. The second-order valence-electron chi connectivity index (χ2n) is 7.60. The number of aliphatic hydroxyl groups is 1. The van der Waals surface area contributed by atoms with E-state index in [9.17, 15) is 14.3 Å². The Bertz CT molecular complexity index is 715. The number of hydrogen-bond acceptors (Lipinski definition) is 3. The summed E-state index contributed by atoms with van der Waals surface area (Å²) in [5.41, 5.74) is 0.214. The summed E-state index contributed by atoms with van der Waals surface area (Å²) in [6.07, 6.45) is 2.53. The quantitative estimate of drug-likeness (QED) is 0.801. The molecule has 2 fully saturated rings. The van der Waals surface area contributed by atoms with Gasteiger partial charge in [-0.05, 0) is 49.1 Å². The highest BCUT2D eigenvalue weighted by atomic mass is 19.1. The molecule has 3 nitrogen and oxygen atoms in total. The minimum atomic E-state index is -0.935. The van der Waals surface area contributed by atoms with Crippen molar-refractivity contribution < 1.29 is 19.0 Å². The van der Waals surface area contributed by atoms with Crippen molar-refractivity contribution >= 4 is 5.78 Å². The lowest BCUT2D eigenvalue weighted by Gasteiger charge is -2.61. The number of Topliss-reactive ketones (excluding diaryl/α,β-unsaturated/α-hetero) is 1. The van der Waals surface area contributed by atoms with Gasteiger partial charge in [-0.3, -0.25) is 4.79 Å². The van der Waals surface area contributed by atoms with E-state index in [-0.39, 0.29) is 17.5 Å². The maximum Gasteiger partial charge on any atom is 0.174 e. The normalized spacial score (nSPS) is 44.5. The fourth-order valence-electron chi connectivity index (χ4n) is 5.90. The highest BCUT2D eigenvalue weighted by Gasteiger charge is 2.72. The van der Waals surface area contributed by atoms with Gasteiger partial charge < -0.3 is 9.84 Å². The topological polar surface area (TPSA) is 46.5 Å². The summed E-state index contributed by atoms with van der Waals surface area (Å²) in [7, 11) is 0. The third-order valence-electron chi connectivity index (χ3n) is 6.88. The molecule has 0 saturated heterocycles. The van der Waals surface area contributed by atoms with E-state index in [1.165, 1.54) is 6.07 Å². The van der Waals surface area contributed by atoms with Gasteiger partial charge in [-0.1, -0.05) is 13.0 Å². The van der Waals surface area contributed by atoms with Crippen LogP contribution in [0.15, 0.2) is 12.1 Å². The molecule has 1 aromatic carbocycles. The van der Waals surface area contributed by atoms with Gasteiger partial charge in [0.05, 0.1) is 11.0 Å². The van der Waals surface area contributed by atoms with Gasteiger partial charge in [-0.25, -0.2) is 4.39 Å². The number of benzene rings is 1. The summed E-state index contributed by atoms with van der Waals surface area (Å²) in [4.78, 5) is 12.5. The second kappa shape index (κ2) is 3.73. The number of halogens is 1. The number of ether oxygens (including phenoxy) is 1. The van der Waals surface area contributed by atoms with Crippen LogP contribution in [0, 0.1) is 17.7 Å². The van der Waals surface area contributed by atoms with Crippen molar-refractivity contribution in [1.29, 1.82) is 0 Å². The number of carbonyl (C=O) groups excluding carboxylic acids is 1. The zero-order valence-corrected chi connectivity index (χ0v) is 12.6. The Labute approximate surface area is 128 Å². The summed E-state index contributed by atoms with van der Waals surface area (Å²) >= 11 is 0. The zero-order chi connectivity index (χ0) is 15.3. The van der Waals surface area contributed by atoms with Crippen LogP contribution in [-0.4, -0.2) is 22.6 Å². The molecule has 1 N–H and O–H groups in total. The van der Waals surface area contributed by atoms with Crippen molar-refractivity contribution in [3.05, 3.63) is 29.1 Å². The predicted molar refractivity (Wildman–Crippen MR) is 77.3 cm³/mol.